The monoisotopic (exact) mass is 262 g/mol. The van der Waals surface area contributed by atoms with Crippen LogP contribution in [0, 0.1) is 0 Å². The number of benzene rings is 1. The molecular formula is C14H15ClN2O. The second-order valence-corrected chi connectivity index (χ2v) is 5.21. The summed E-state index contributed by atoms with van der Waals surface area (Å²) in [5.41, 5.74) is 3.29. The van der Waals surface area contributed by atoms with E-state index in [-0.39, 0.29) is 6.61 Å². The van der Waals surface area contributed by atoms with Gasteiger partial charge in [0.1, 0.15) is 0 Å². The molecule has 3 nitrogen and oxygen atoms in total. The Morgan fingerprint density at radius 3 is 2.89 bits per heavy atom. The van der Waals surface area contributed by atoms with Crippen LogP contribution in [0.1, 0.15) is 35.6 Å². The van der Waals surface area contributed by atoms with E-state index in [0.717, 1.165) is 16.1 Å². The van der Waals surface area contributed by atoms with Crippen molar-refractivity contribution >= 4 is 11.6 Å². The molecule has 18 heavy (non-hydrogen) atoms. The minimum atomic E-state index is 0.0708. The lowest BCUT2D eigenvalue weighted by atomic mass is 10.1. The SMILES string of the molecule is OCc1cnn(Cc2cccc(Cl)c2)c1C1CC1. The summed E-state index contributed by atoms with van der Waals surface area (Å²) in [6.45, 7) is 0.785. The molecule has 0 radical (unpaired) electrons. The highest BCUT2D eigenvalue weighted by atomic mass is 35.5. The van der Waals surface area contributed by atoms with Gasteiger partial charge in [-0.15, -0.1) is 0 Å². The van der Waals surface area contributed by atoms with Crippen LogP contribution in [0.2, 0.25) is 5.02 Å². The summed E-state index contributed by atoms with van der Waals surface area (Å²) in [5, 5.41) is 14.5. The van der Waals surface area contributed by atoms with Gasteiger partial charge in [0.25, 0.3) is 0 Å². The van der Waals surface area contributed by atoms with Gasteiger partial charge in [-0.1, -0.05) is 23.7 Å². The van der Waals surface area contributed by atoms with Gasteiger partial charge in [0.15, 0.2) is 0 Å². The van der Waals surface area contributed by atoms with Gasteiger partial charge in [0.2, 0.25) is 0 Å². The van der Waals surface area contributed by atoms with Crippen molar-refractivity contribution in [2.45, 2.75) is 31.9 Å². The number of aliphatic hydroxyl groups is 1. The van der Waals surface area contributed by atoms with Crippen molar-refractivity contribution in [2.24, 2.45) is 0 Å². The summed E-state index contributed by atoms with van der Waals surface area (Å²) in [6, 6.07) is 7.82. The fourth-order valence-corrected chi connectivity index (χ4v) is 2.53. The third-order valence-corrected chi connectivity index (χ3v) is 3.55. The van der Waals surface area contributed by atoms with Crippen molar-refractivity contribution in [2.75, 3.05) is 0 Å². The Balaban J connectivity index is 1.90. The van der Waals surface area contributed by atoms with Gasteiger partial charge in [-0.2, -0.15) is 5.10 Å². The van der Waals surface area contributed by atoms with E-state index >= 15 is 0 Å². The lowest BCUT2D eigenvalue weighted by molar-refractivity contribution is 0.280. The molecule has 1 heterocycles. The summed E-state index contributed by atoms with van der Waals surface area (Å²) >= 11 is 5.99. The molecule has 0 aliphatic heterocycles. The Morgan fingerprint density at radius 1 is 1.39 bits per heavy atom. The Bertz CT molecular complexity index is 561. The number of halogens is 1. The maximum Gasteiger partial charge on any atom is 0.0715 e. The fourth-order valence-electron chi connectivity index (χ4n) is 2.32. The van der Waals surface area contributed by atoms with Crippen LogP contribution in [0.5, 0.6) is 0 Å². The van der Waals surface area contributed by atoms with Crippen LogP contribution in [-0.4, -0.2) is 14.9 Å². The summed E-state index contributed by atoms with van der Waals surface area (Å²) in [7, 11) is 0. The third-order valence-electron chi connectivity index (χ3n) is 3.32. The van der Waals surface area contributed by atoms with Crippen molar-refractivity contribution in [3.8, 4) is 0 Å². The minimum Gasteiger partial charge on any atom is -0.392 e. The van der Waals surface area contributed by atoms with E-state index in [0.29, 0.717) is 12.5 Å². The Morgan fingerprint density at radius 2 is 2.22 bits per heavy atom. The number of rotatable bonds is 4. The van der Waals surface area contributed by atoms with Crippen molar-refractivity contribution in [3.63, 3.8) is 0 Å². The van der Waals surface area contributed by atoms with Crippen LogP contribution in [0.4, 0.5) is 0 Å². The molecule has 3 rings (SSSR count). The minimum absolute atomic E-state index is 0.0708. The number of hydrogen-bond acceptors (Lipinski definition) is 2. The molecule has 4 heteroatoms. The fraction of sp³-hybridized carbons (Fsp3) is 0.357. The first-order valence-electron chi connectivity index (χ1n) is 6.18. The van der Waals surface area contributed by atoms with Gasteiger partial charge in [-0.3, -0.25) is 4.68 Å². The summed E-state index contributed by atoms with van der Waals surface area (Å²) < 4.78 is 1.99. The van der Waals surface area contributed by atoms with E-state index in [1.165, 1.54) is 18.5 Å². The standard InChI is InChI=1S/C14H15ClN2O/c15-13-3-1-2-10(6-13)8-17-14(11-4-5-11)12(9-18)7-16-17/h1-3,6-7,11,18H,4-5,8-9H2. The first kappa shape index (κ1) is 11.8. The van der Waals surface area contributed by atoms with E-state index in [2.05, 4.69) is 5.10 Å². The molecule has 1 N–H and O–H groups in total. The first-order valence-corrected chi connectivity index (χ1v) is 6.55. The zero-order valence-corrected chi connectivity index (χ0v) is 10.8. The molecule has 1 aliphatic carbocycles. The molecule has 0 bridgehead atoms. The highest BCUT2D eigenvalue weighted by Gasteiger charge is 2.29. The second-order valence-electron chi connectivity index (χ2n) is 4.78. The Kier molecular flexibility index (Phi) is 3.10. The van der Waals surface area contributed by atoms with E-state index in [1.54, 1.807) is 6.20 Å². The summed E-state index contributed by atoms with van der Waals surface area (Å²) in [4.78, 5) is 0. The van der Waals surface area contributed by atoms with Crippen LogP contribution in [-0.2, 0) is 13.2 Å². The highest BCUT2D eigenvalue weighted by Crippen LogP contribution is 2.41. The number of nitrogens with zero attached hydrogens (tertiary/aromatic N) is 2. The van der Waals surface area contributed by atoms with Crippen LogP contribution >= 0.6 is 11.6 Å². The average molecular weight is 263 g/mol. The van der Waals surface area contributed by atoms with Crippen molar-refractivity contribution in [1.82, 2.24) is 9.78 Å². The van der Waals surface area contributed by atoms with E-state index in [4.69, 9.17) is 11.6 Å². The van der Waals surface area contributed by atoms with E-state index < -0.39 is 0 Å². The second kappa shape index (κ2) is 4.75. The largest absolute Gasteiger partial charge is 0.392 e. The van der Waals surface area contributed by atoms with E-state index in [9.17, 15) is 5.11 Å². The van der Waals surface area contributed by atoms with Crippen LogP contribution in [0.3, 0.4) is 0 Å². The predicted octanol–water partition coefficient (Wildman–Crippen LogP) is 2.95. The molecule has 1 aliphatic rings. The Hall–Kier alpha value is -1.32. The Labute approximate surface area is 111 Å². The zero-order valence-electron chi connectivity index (χ0n) is 10.0. The van der Waals surface area contributed by atoms with Crippen LogP contribution in [0.25, 0.3) is 0 Å². The van der Waals surface area contributed by atoms with Gasteiger partial charge < -0.3 is 5.11 Å². The van der Waals surface area contributed by atoms with Crippen LogP contribution < -0.4 is 0 Å². The van der Waals surface area contributed by atoms with Gasteiger partial charge in [-0.25, -0.2) is 0 Å². The lowest BCUT2D eigenvalue weighted by Crippen LogP contribution is -2.06. The number of aromatic nitrogens is 2. The molecule has 0 spiro atoms. The summed E-state index contributed by atoms with van der Waals surface area (Å²) in [6.07, 6.45) is 4.18. The third kappa shape index (κ3) is 2.28. The number of aliphatic hydroxyl groups excluding tert-OH is 1. The molecule has 1 fully saturated rings. The summed E-state index contributed by atoms with van der Waals surface area (Å²) in [5.74, 6) is 0.578. The molecule has 1 aromatic heterocycles. The normalized spacial score (nSPS) is 15.0. The maximum atomic E-state index is 9.34. The highest BCUT2D eigenvalue weighted by molar-refractivity contribution is 6.30. The average Bonchev–Trinajstić information content (AvgIpc) is 3.11. The molecule has 94 valence electrons. The molecule has 0 saturated heterocycles. The predicted molar refractivity (Wildman–Crippen MR) is 70.7 cm³/mol. The topological polar surface area (TPSA) is 38.1 Å². The maximum absolute atomic E-state index is 9.34. The smallest absolute Gasteiger partial charge is 0.0715 e. The van der Waals surface area contributed by atoms with Gasteiger partial charge in [-0.05, 0) is 30.5 Å². The quantitative estimate of drug-likeness (QED) is 0.920. The van der Waals surface area contributed by atoms with E-state index in [1.807, 2.05) is 28.9 Å². The molecule has 2 aromatic rings. The molecule has 0 unspecified atom stereocenters. The molecule has 0 atom stereocenters. The molecular weight excluding hydrogens is 248 g/mol. The molecule has 1 saturated carbocycles. The molecule has 1 aromatic carbocycles. The number of hydrogen-bond donors (Lipinski definition) is 1. The van der Waals surface area contributed by atoms with Crippen molar-refractivity contribution < 1.29 is 5.11 Å². The van der Waals surface area contributed by atoms with Gasteiger partial charge >= 0.3 is 0 Å². The first-order chi connectivity index (χ1) is 8.78. The van der Waals surface area contributed by atoms with Gasteiger partial charge in [0, 0.05) is 22.2 Å². The zero-order chi connectivity index (χ0) is 12.5. The van der Waals surface area contributed by atoms with Crippen LogP contribution in [0.15, 0.2) is 30.5 Å². The van der Waals surface area contributed by atoms with Crippen molar-refractivity contribution in [3.05, 3.63) is 52.3 Å². The molecule has 0 amide bonds. The van der Waals surface area contributed by atoms with Gasteiger partial charge in [0.05, 0.1) is 19.3 Å². The lowest BCUT2D eigenvalue weighted by Gasteiger charge is -2.08. The van der Waals surface area contributed by atoms with Crippen molar-refractivity contribution in [1.29, 1.82) is 0 Å².